The molecule has 6 nitrogen and oxygen atoms in total. The van der Waals surface area contributed by atoms with Crippen LogP contribution in [0, 0.1) is 13.8 Å². The molecule has 1 unspecified atom stereocenters. The fourth-order valence-corrected chi connectivity index (χ4v) is 5.24. The third-order valence-corrected chi connectivity index (χ3v) is 7.07. The molecule has 184 valence electrons. The number of rotatable bonds is 5. The number of nitrogens with zero attached hydrogens (tertiary/aromatic N) is 2. The van der Waals surface area contributed by atoms with E-state index >= 15 is 0 Å². The highest BCUT2D eigenvalue weighted by Gasteiger charge is 2.47. The number of anilines is 2. The Labute approximate surface area is 211 Å². The Morgan fingerprint density at radius 3 is 2.25 bits per heavy atom. The normalized spacial score (nSPS) is 19.2. The molecule has 0 aromatic heterocycles. The van der Waals surface area contributed by atoms with Gasteiger partial charge in [0.1, 0.15) is 11.5 Å². The van der Waals surface area contributed by atoms with Crippen molar-refractivity contribution in [3.63, 3.8) is 0 Å². The molecule has 1 N–H and O–H groups in total. The molecule has 36 heavy (non-hydrogen) atoms. The topological polar surface area (TPSA) is 70.1 Å². The highest BCUT2D eigenvalue weighted by atomic mass is 16.5. The lowest BCUT2D eigenvalue weighted by Gasteiger charge is -2.26. The molecule has 0 aliphatic carbocycles. The number of benzene rings is 3. The second-order valence-corrected chi connectivity index (χ2v) is 9.48. The number of Topliss-reactive ketones (excluding diaryl/α,β-unsaturated/α-hetero) is 1. The van der Waals surface area contributed by atoms with Crippen molar-refractivity contribution in [3.05, 3.63) is 94.6 Å². The number of carbonyl (C=O) groups excluding carboxylic acids is 2. The number of hydrogen-bond donors (Lipinski definition) is 1. The van der Waals surface area contributed by atoms with Gasteiger partial charge in [0, 0.05) is 30.0 Å². The number of methoxy groups -OCH3 is 1. The molecule has 3 aromatic rings. The van der Waals surface area contributed by atoms with Crippen LogP contribution in [0.5, 0.6) is 5.75 Å². The standard InChI is InChI=1S/C30H30N2O4/c1-19-7-6-8-21(17-19)27-26(28(33)22-9-14-25(36-3)20(2)18-22)29(34)30(35)32(27)24-12-10-23(11-13-24)31-15-4-5-16-31/h6-14,17-18,27,33H,4-5,15-16H2,1-3H3/b28-26-. The molecule has 2 saturated heterocycles. The van der Waals surface area contributed by atoms with E-state index in [1.807, 2.05) is 62.4 Å². The molecule has 0 saturated carbocycles. The van der Waals surface area contributed by atoms with Gasteiger partial charge in [-0.2, -0.15) is 0 Å². The molecular weight excluding hydrogens is 452 g/mol. The second kappa shape index (κ2) is 9.53. The van der Waals surface area contributed by atoms with Gasteiger partial charge in [-0.25, -0.2) is 0 Å². The van der Waals surface area contributed by atoms with Gasteiger partial charge in [-0.3, -0.25) is 14.5 Å². The summed E-state index contributed by atoms with van der Waals surface area (Å²) in [6.45, 7) is 5.88. The lowest BCUT2D eigenvalue weighted by atomic mass is 9.94. The maximum absolute atomic E-state index is 13.4. The van der Waals surface area contributed by atoms with Crippen LogP contribution < -0.4 is 14.5 Å². The largest absolute Gasteiger partial charge is 0.507 e. The van der Waals surface area contributed by atoms with E-state index in [1.165, 1.54) is 17.7 Å². The van der Waals surface area contributed by atoms with Crippen LogP contribution in [0.4, 0.5) is 11.4 Å². The van der Waals surface area contributed by atoms with Crippen molar-refractivity contribution in [2.75, 3.05) is 30.0 Å². The number of ketones is 1. The highest BCUT2D eigenvalue weighted by Crippen LogP contribution is 2.43. The van der Waals surface area contributed by atoms with Gasteiger partial charge in [0.2, 0.25) is 0 Å². The summed E-state index contributed by atoms with van der Waals surface area (Å²) in [5.74, 6) is -0.861. The Morgan fingerprint density at radius 2 is 1.61 bits per heavy atom. The van der Waals surface area contributed by atoms with E-state index in [-0.39, 0.29) is 11.3 Å². The molecular formula is C30H30N2O4. The van der Waals surface area contributed by atoms with Crippen LogP contribution in [0.2, 0.25) is 0 Å². The quantitative estimate of drug-likeness (QED) is 0.294. The van der Waals surface area contributed by atoms with Gasteiger partial charge in [-0.05, 0) is 80.3 Å². The summed E-state index contributed by atoms with van der Waals surface area (Å²) in [6, 6.07) is 20.0. The number of ether oxygens (including phenoxy) is 1. The number of aliphatic hydroxyl groups excluding tert-OH is 1. The summed E-state index contributed by atoms with van der Waals surface area (Å²) >= 11 is 0. The Kier molecular flexibility index (Phi) is 6.27. The van der Waals surface area contributed by atoms with Crippen LogP contribution in [0.25, 0.3) is 5.76 Å². The molecule has 6 heteroatoms. The van der Waals surface area contributed by atoms with Crippen molar-refractivity contribution in [3.8, 4) is 5.75 Å². The minimum absolute atomic E-state index is 0.0822. The van der Waals surface area contributed by atoms with Crippen LogP contribution in [0.3, 0.4) is 0 Å². The van der Waals surface area contributed by atoms with E-state index in [0.717, 1.165) is 35.5 Å². The van der Waals surface area contributed by atoms with Crippen molar-refractivity contribution in [2.24, 2.45) is 0 Å². The molecule has 0 bridgehead atoms. The molecule has 0 spiro atoms. The number of carbonyl (C=O) groups is 2. The maximum Gasteiger partial charge on any atom is 0.300 e. The summed E-state index contributed by atoms with van der Waals surface area (Å²) in [7, 11) is 1.58. The Morgan fingerprint density at radius 1 is 0.917 bits per heavy atom. The summed E-state index contributed by atoms with van der Waals surface area (Å²) in [5.41, 5.74) is 4.87. The van der Waals surface area contributed by atoms with Crippen molar-refractivity contribution < 1.29 is 19.4 Å². The molecule has 2 fully saturated rings. The number of hydrogen-bond acceptors (Lipinski definition) is 5. The van der Waals surface area contributed by atoms with Crippen LogP contribution in [-0.2, 0) is 9.59 Å². The summed E-state index contributed by atoms with van der Waals surface area (Å²) in [6.07, 6.45) is 2.35. The van der Waals surface area contributed by atoms with Crippen LogP contribution in [0.15, 0.2) is 72.3 Å². The van der Waals surface area contributed by atoms with Gasteiger partial charge >= 0.3 is 0 Å². The lowest BCUT2D eigenvalue weighted by Crippen LogP contribution is -2.29. The molecule has 2 heterocycles. The van der Waals surface area contributed by atoms with Crippen LogP contribution >= 0.6 is 0 Å². The number of amides is 1. The summed E-state index contributed by atoms with van der Waals surface area (Å²) in [5, 5.41) is 11.4. The number of aryl methyl sites for hydroxylation is 2. The van der Waals surface area contributed by atoms with Crippen molar-refractivity contribution in [1.29, 1.82) is 0 Å². The first-order valence-corrected chi connectivity index (χ1v) is 12.3. The van der Waals surface area contributed by atoms with Crippen LogP contribution in [-0.4, -0.2) is 37.0 Å². The molecule has 1 amide bonds. The zero-order chi connectivity index (χ0) is 25.4. The predicted octanol–water partition coefficient (Wildman–Crippen LogP) is 5.54. The Balaban J connectivity index is 1.63. The molecule has 3 aromatic carbocycles. The van der Waals surface area contributed by atoms with E-state index < -0.39 is 17.7 Å². The minimum Gasteiger partial charge on any atom is -0.507 e. The first-order valence-electron chi connectivity index (χ1n) is 12.3. The SMILES string of the molecule is COc1ccc(/C(O)=C2/C(=O)C(=O)N(c3ccc(N4CCCC4)cc3)C2c2cccc(C)c2)cc1C. The first-order chi connectivity index (χ1) is 17.4. The van der Waals surface area contributed by atoms with E-state index in [0.29, 0.717) is 17.0 Å². The first kappa shape index (κ1) is 23.7. The lowest BCUT2D eigenvalue weighted by molar-refractivity contribution is -0.132. The summed E-state index contributed by atoms with van der Waals surface area (Å²) in [4.78, 5) is 30.7. The van der Waals surface area contributed by atoms with Gasteiger partial charge in [0.05, 0.1) is 18.7 Å². The van der Waals surface area contributed by atoms with Gasteiger partial charge in [0.25, 0.3) is 11.7 Å². The molecule has 2 aliphatic rings. The number of aliphatic hydroxyl groups is 1. The van der Waals surface area contributed by atoms with E-state index in [2.05, 4.69) is 4.90 Å². The fraction of sp³-hybridized carbons (Fsp3) is 0.267. The smallest absolute Gasteiger partial charge is 0.300 e. The highest BCUT2D eigenvalue weighted by molar-refractivity contribution is 6.51. The van der Waals surface area contributed by atoms with Gasteiger partial charge < -0.3 is 14.7 Å². The zero-order valence-electron chi connectivity index (χ0n) is 20.8. The van der Waals surface area contributed by atoms with E-state index in [1.54, 1.807) is 25.3 Å². The third kappa shape index (κ3) is 4.13. The monoisotopic (exact) mass is 482 g/mol. The van der Waals surface area contributed by atoms with Gasteiger partial charge in [-0.15, -0.1) is 0 Å². The van der Waals surface area contributed by atoms with Crippen LogP contribution in [0.1, 0.15) is 41.1 Å². The van der Waals surface area contributed by atoms with Gasteiger partial charge in [0.15, 0.2) is 0 Å². The second-order valence-electron chi connectivity index (χ2n) is 9.48. The average Bonchev–Trinajstić information content (AvgIpc) is 3.51. The van der Waals surface area contributed by atoms with Crippen molar-refractivity contribution >= 4 is 28.8 Å². The Bertz CT molecular complexity index is 1350. The predicted molar refractivity (Wildman–Crippen MR) is 142 cm³/mol. The van der Waals surface area contributed by atoms with Gasteiger partial charge in [-0.1, -0.05) is 29.8 Å². The van der Waals surface area contributed by atoms with E-state index in [4.69, 9.17) is 4.74 Å². The maximum atomic E-state index is 13.4. The summed E-state index contributed by atoms with van der Waals surface area (Å²) < 4.78 is 5.34. The molecule has 2 aliphatic heterocycles. The van der Waals surface area contributed by atoms with E-state index in [9.17, 15) is 14.7 Å². The average molecular weight is 483 g/mol. The zero-order valence-corrected chi connectivity index (χ0v) is 20.8. The third-order valence-electron chi connectivity index (χ3n) is 7.07. The molecule has 1 atom stereocenters. The minimum atomic E-state index is -0.745. The van der Waals surface area contributed by atoms with Crippen molar-refractivity contribution in [1.82, 2.24) is 0 Å². The Hall–Kier alpha value is -4.06. The molecule has 0 radical (unpaired) electrons. The fourth-order valence-electron chi connectivity index (χ4n) is 5.24. The van der Waals surface area contributed by atoms with Crippen molar-refractivity contribution in [2.45, 2.75) is 32.7 Å². The molecule has 5 rings (SSSR count).